The van der Waals surface area contributed by atoms with E-state index in [-0.39, 0.29) is 11.7 Å². The number of carbonyl (C=O) groups is 1. The van der Waals surface area contributed by atoms with Gasteiger partial charge >= 0.3 is 0 Å². The maximum Gasteiger partial charge on any atom is 0.255 e. The van der Waals surface area contributed by atoms with Gasteiger partial charge in [0.2, 0.25) is 0 Å². The summed E-state index contributed by atoms with van der Waals surface area (Å²) < 4.78 is 0. The van der Waals surface area contributed by atoms with Crippen molar-refractivity contribution in [3.8, 4) is 17.0 Å². The van der Waals surface area contributed by atoms with Crippen LogP contribution in [-0.2, 0) is 0 Å². The van der Waals surface area contributed by atoms with Gasteiger partial charge < -0.3 is 15.7 Å². The predicted octanol–water partition coefficient (Wildman–Crippen LogP) is 5.85. The maximum atomic E-state index is 12.2. The third-order valence-electron chi connectivity index (χ3n) is 4.35. The summed E-state index contributed by atoms with van der Waals surface area (Å²) in [6, 6.07) is 23.7. The minimum atomic E-state index is -0.135. The van der Waals surface area contributed by atoms with Crippen LogP contribution in [0.3, 0.4) is 0 Å². The Bertz CT molecular complexity index is 1150. The summed E-state index contributed by atoms with van der Waals surface area (Å²) in [5, 5.41) is 18.1. The lowest BCUT2D eigenvalue weighted by Crippen LogP contribution is -2.11. The molecular formula is C24H19N3O2S. The average Bonchev–Trinajstić information content (AvgIpc) is 3.25. The van der Waals surface area contributed by atoms with Crippen LogP contribution in [0.1, 0.15) is 15.9 Å². The summed E-state index contributed by atoms with van der Waals surface area (Å²) in [7, 11) is 0. The quantitative estimate of drug-likeness (QED) is 0.371. The Morgan fingerprint density at radius 3 is 2.40 bits per heavy atom. The number of hydrogen-bond donors (Lipinski definition) is 3. The second-order valence-corrected chi connectivity index (χ2v) is 7.36. The first-order valence-corrected chi connectivity index (χ1v) is 10.2. The van der Waals surface area contributed by atoms with Crippen LogP contribution in [0, 0.1) is 0 Å². The Morgan fingerprint density at radius 1 is 0.933 bits per heavy atom. The molecule has 4 rings (SSSR count). The van der Waals surface area contributed by atoms with Gasteiger partial charge in [-0.05, 0) is 48.0 Å². The Balaban J connectivity index is 1.37. The van der Waals surface area contributed by atoms with Crippen molar-refractivity contribution in [3.05, 3.63) is 102 Å². The fraction of sp³-hybridized carbons (Fsp3) is 0. The molecule has 148 valence electrons. The molecule has 0 radical (unpaired) electrons. The first kappa shape index (κ1) is 19.4. The highest BCUT2D eigenvalue weighted by Crippen LogP contribution is 2.26. The minimum absolute atomic E-state index is 0.135. The highest BCUT2D eigenvalue weighted by molar-refractivity contribution is 7.14. The van der Waals surface area contributed by atoms with E-state index < -0.39 is 0 Å². The molecule has 0 bridgehead atoms. The molecule has 30 heavy (non-hydrogen) atoms. The molecule has 0 saturated heterocycles. The lowest BCUT2D eigenvalue weighted by atomic mass is 10.1. The molecule has 1 aromatic heterocycles. The minimum Gasteiger partial charge on any atom is -0.508 e. The average molecular weight is 414 g/mol. The molecule has 1 heterocycles. The number of nitrogens with one attached hydrogen (secondary N) is 2. The van der Waals surface area contributed by atoms with Crippen LogP contribution < -0.4 is 10.6 Å². The molecule has 0 aliphatic rings. The van der Waals surface area contributed by atoms with Gasteiger partial charge in [-0.25, -0.2) is 4.98 Å². The molecule has 4 aromatic rings. The zero-order valence-electron chi connectivity index (χ0n) is 15.9. The number of nitrogens with zero attached hydrogens (tertiary/aromatic N) is 1. The highest BCUT2D eigenvalue weighted by Gasteiger charge is 2.07. The molecule has 0 atom stereocenters. The van der Waals surface area contributed by atoms with Crippen LogP contribution in [0.25, 0.3) is 17.3 Å². The molecule has 5 nitrogen and oxygen atoms in total. The number of carbonyl (C=O) groups excluding carboxylic acids is 1. The first-order chi connectivity index (χ1) is 14.7. The van der Waals surface area contributed by atoms with E-state index in [1.165, 1.54) is 11.3 Å². The van der Waals surface area contributed by atoms with Crippen LogP contribution in [0.2, 0.25) is 0 Å². The number of aromatic hydroxyl groups is 1. The molecule has 0 saturated carbocycles. The van der Waals surface area contributed by atoms with E-state index in [2.05, 4.69) is 15.6 Å². The van der Waals surface area contributed by atoms with E-state index in [1.54, 1.807) is 24.3 Å². The molecule has 0 unspecified atom stereocenters. The van der Waals surface area contributed by atoms with E-state index in [9.17, 15) is 9.90 Å². The van der Waals surface area contributed by atoms with Crippen molar-refractivity contribution in [2.75, 3.05) is 10.6 Å². The lowest BCUT2D eigenvalue weighted by Gasteiger charge is -2.06. The van der Waals surface area contributed by atoms with Gasteiger partial charge in [0.15, 0.2) is 5.13 Å². The fourth-order valence-corrected chi connectivity index (χ4v) is 3.48. The van der Waals surface area contributed by atoms with Crippen molar-refractivity contribution in [1.82, 2.24) is 4.98 Å². The van der Waals surface area contributed by atoms with E-state index in [4.69, 9.17) is 0 Å². The number of rotatable bonds is 6. The summed E-state index contributed by atoms with van der Waals surface area (Å²) in [5.41, 5.74) is 4.17. The van der Waals surface area contributed by atoms with Gasteiger partial charge in [0, 0.05) is 28.4 Å². The van der Waals surface area contributed by atoms with Crippen LogP contribution in [-0.4, -0.2) is 16.0 Å². The molecule has 0 fully saturated rings. The fourth-order valence-electron chi connectivity index (χ4n) is 2.78. The van der Waals surface area contributed by atoms with Crippen molar-refractivity contribution in [1.29, 1.82) is 0 Å². The van der Waals surface area contributed by atoms with Gasteiger partial charge in [-0.1, -0.05) is 42.5 Å². The van der Waals surface area contributed by atoms with E-state index in [0.29, 0.717) is 5.56 Å². The number of phenols is 1. The van der Waals surface area contributed by atoms with Crippen LogP contribution in [0.4, 0.5) is 10.8 Å². The highest BCUT2D eigenvalue weighted by atomic mass is 32.1. The van der Waals surface area contributed by atoms with Crippen molar-refractivity contribution >= 4 is 34.1 Å². The molecule has 0 aliphatic heterocycles. The predicted molar refractivity (Wildman–Crippen MR) is 123 cm³/mol. The summed E-state index contributed by atoms with van der Waals surface area (Å²) in [4.78, 5) is 16.8. The van der Waals surface area contributed by atoms with E-state index in [1.807, 2.05) is 72.3 Å². The zero-order valence-corrected chi connectivity index (χ0v) is 16.8. The van der Waals surface area contributed by atoms with E-state index >= 15 is 0 Å². The largest absolute Gasteiger partial charge is 0.508 e. The van der Waals surface area contributed by atoms with Gasteiger partial charge in [0.1, 0.15) is 5.75 Å². The Morgan fingerprint density at radius 2 is 1.67 bits per heavy atom. The monoisotopic (exact) mass is 413 g/mol. The zero-order chi connectivity index (χ0) is 20.8. The Labute approximate surface area is 178 Å². The number of anilines is 2. The number of aromatic nitrogens is 1. The maximum absolute atomic E-state index is 12.2. The second-order valence-electron chi connectivity index (χ2n) is 6.50. The number of hydrogen-bond acceptors (Lipinski definition) is 5. The molecule has 3 N–H and O–H groups in total. The summed E-state index contributed by atoms with van der Waals surface area (Å²) in [6.07, 6.45) is 3.72. The normalized spacial score (nSPS) is 10.8. The molecule has 3 aromatic carbocycles. The van der Waals surface area contributed by atoms with Gasteiger partial charge in [-0.3, -0.25) is 4.79 Å². The van der Waals surface area contributed by atoms with Crippen LogP contribution >= 0.6 is 11.3 Å². The van der Waals surface area contributed by atoms with Crippen molar-refractivity contribution in [3.63, 3.8) is 0 Å². The van der Waals surface area contributed by atoms with Crippen molar-refractivity contribution < 1.29 is 9.90 Å². The lowest BCUT2D eigenvalue weighted by molar-refractivity contribution is 0.102. The molecule has 1 amide bonds. The molecular weight excluding hydrogens is 394 g/mol. The van der Waals surface area contributed by atoms with E-state index in [0.717, 1.165) is 27.6 Å². The topological polar surface area (TPSA) is 74.2 Å². The van der Waals surface area contributed by atoms with Crippen molar-refractivity contribution in [2.24, 2.45) is 0 Å². The van der Waals surface area contributed by atoms with Gasteiger partial charge in [-0.15, -0.1) is 11.3 Å². The first-order valence-electron chi connectivity index (χ1n) is 9.32. The van der Waals surface area contributed by atoms with Gasteiger partial charge in [-0.2, -0.15) is 0 Å². The molecule has 0 aliphatic carbocycles. The third-order valence-corrected chi connectivity index (χ3v) is 5.13. The second kappa shape index (κ2) is 9.07. The smallest absolute Gasteiger partial charge is 0.255 e. The number of benzene rings is 3. The summed E-state index contributed by atoms with van der Waals surface area (Å²) in [5.74, 6) is 0.110. The van der Waals surface area contributed by atoms with Crippen LogP contribution in [0.5, 0.6) is 5.75 Å². The Kier molecular flexibility index (Phi) is 5.87. The van der Waals surface area contributed by atoms with Gasteiger partial charge in [0.25, 0.3) is 5.91 Å². The molecule has 0 spiro atoms. The third kappa shape index (κ3) is 4.92. The standard InChI is InChI=1S/C24H19N3O2S/c28-21-12-6-17(7-13-21)14-15-25-24-27-22(16-30-24)18-8-10-20(11-9-18)26-23(29)19-4-2-1-3-5-19/h1-16,28H,(H,25,27)(H,26,29)/b15-14-. The SMILES string of the molecule is O=C(Nc1ccc(-c2csc(N/C=C\c3ccc(O)cc3)n2)cc1)c1ccccc1. The van der Waals surface area contributed by atoms with Crippen molar-refractivity contribution in [2.45, 2.75) is 0 Å². The Hall–Kier alpha value is -3.90. The van der Waals surface area contributed by atoms with Crippen LogP contribution in [0.15, 0.2) is 90.4 Å². The molecule has 6 heteroatoms. The number of phenolic OH excluding ortho intramolecular Hbond substituents is 1. The summed E-state index contributed by atoms with van der Waals surface area (Å²) in [6.45, 7) is 0. The summed E-state index contributed by atoms with van der Waals surface area (Å²) >= 11 is 1.51. The van der Waals surface area contributed by atoms with Gasteiger partial charge in [0.05, 0.1) is 5.69 Å². The number of thiazole rings is 1. The number of amides is 1.